The number of aromatic hydroxyl groups is 1. The number of ether oxygens (including phenoxy) is 7. The Kier molecular flexibility index (Phi) is 20.7. The summed E-state index contributed by atoms with van der Waals surface area (Å²) in [7, 11) is 0. The number of nitrogens with zero attached hydrogens (tertiary/aromatic N) is 4. The third kappa shape index (κ3) is 16.8. The van der Waals surface area contributed by atoms with Crippen LogP contribution in [0.5, 0.6) is 23.0 Å². The fraction of sp³-hybridized carbons (Fsp3) is 0.692. The van der Waals surface area contributed by atoms with Crippen LogP contribution in [0.25, 0.3) is 0 Å². The molecule has 4 aliphatic rings. The van der Waals surface area contributed by atoms with Gasteiger partial charge in [-0.25, -0.2) is 9.59 Å². The minimum Gasteiger partial charge on any atom is -0.504 e. The molecule has 4 amide bonds. The number of carbonyl (C=O) groups excluding carboxylic acids is 4. The molecule has 0 bridgehead atoms. The second-order valence-corrected chi connectivity index (χ2v) is 20.3. The molecule has 70 heavy (non-hydrogen) atoms. The minimum absolute atomic E-state index is 0.0351. The number of aliphatic hydroxyl groups is 2. The van der Waals surface area contributed by atoms with E-state index < -0.39 is 35.6 Å². The molecule has 3 N–H and O–H groups in total. The average molecular weight is 985 g/mol. The highest BCUT2D eigenvalue weighted by Gasteiger charge is 2.44. The van der Waals surface area contributed by atoms with Gasteiger partial charge in [0.25, 0.3) is 11.8 Å². The minimum atomic E-state index is -0.754. The number of rotatable bonds is 20. The van der Waals surface area contributed by atoms with Gasteiger partial charge < -0.3 is 68.1 Å². The van der Waals surface area contributed by atoms with E-state index in [0.717, 1.165) is 43.2 Å². The first-order valence-electron chi connectivity index (χ1n) is 25.2. The maximum atomic E-state index is 13.7. The summed E-state index contributed by atoms with van der Waals surface area (Å²) < 4.78 is 40.0. The van der Waals surface area contributed by atoms with Crippen LogP contribution >= 0.6 is 0 Å². The van der Waals surface area contributed by atoms with Crippen LogP contribution < -0.4 is 14.2 Å². The van der Waals surface area contributed by atoms with Crippen LogP contribution in [0.15, 0.2) is 36.4 Å². The molecule has 2 saturated carbocycles. The summed E-state index contributed by atoms with van der Waals surface area (Å²) in [5, 5.41) is 28.1. The van der Waals surface area contributed by atoms with Gasteiger partial charge in [-0.2, -0.15) is 0 Å². The van der Waals surface area contributed by atoms with Gasteiger partial charge in [0, 0.05) is 38.4 Å². The number of aliphatic hydroxyl groups excluding tert-OH is 2. The van der Waals surface area contributed by atoms with Gasteiger partial charge in [0.1, 0.15) is 11.2 Å². The lowest BCUT2D eigenvalue weighted by Crippen LogP contribution is -2.54. The van der Waals surface area contributed by atoms with Gasteiger partial charge in [0.05, 0.1) is 58.2 Å². The van der Waals surface area contributed by atoms with Crippen molar-refractivity contribution in [3.8, 4) is 23.0 Å². The van der Waals surface area contributed by atoms with Crippen LogP contribution in [-0.4, -0.2) is 167 Å². The second kappa shape index (κ2) is 25.9. The predicted octanol–water partition coefficient (Wildman–Crippen LogP) is 7.16. The first-order valence-corrected chi connectivity index (χ1v) is 25.2. The van der Waals surface area contributed by atoms with E-state index in [2.05, 4.69) is 0 Å². The Hall–Kier alpha value is -5.04. The fourth-order valence-corrected chi connectivity index (χ4v) is 8.19. The first-order chi connectivity index (χ1) is 33.2. The maximum Gasteiger partial charge on any atom is 0.410 e. The molecule has 6 rings (SSSR count). The van der Waals surface area contributed by atoms with E-state index >= 15 is 0 Å². The molecule has 4 atom stereocenters. The highest BCUT2D eigenvalue weighted by atomic mass is 16.6. The largest absolute Gasteiger partial charge is 0.504 e. The maximum absolute atomic E-state index is 13.7. The SMILES string of the molecule is CCOc1ccc([C@@H](C)N(C(=O)[C@H]2CN(C(=O)OC(C)(C)C)CCO2)C2CC2)cc1OCCCCO.C[C@H](c1ccc(O)c(OCCCCO)c1)N(C(=O)[C@H]1CN(C(=O)OC(C)(C)C)CCO1)C1CC1. The molecule has 2 aliphatic heterocycles. The van der Waals surface area contributed by atoms with Crippen LogP contribution in [-0.2, 0) is 28.5 Å². The Labute approximate surface area is 414 Å². The van der Waals surface area contributed by atoms with Crippen molar-refractivity contribution in [1.82, 2.24) is 19.6 Å². The molecule has 18 nitrogen and oxygen atoms in total. The van der Waals surface area contributed by atoms with Gasteiger partial charge >= 0.3 is 12.2 Å². The topological polar surface area (TPSA) is 207 Å². The first kappa shape index (κ1) is 55.9. The van der Waals surface area contributed by atoms with Crippen molar-refractivity contribution in [3.05, 3.63) is 47.5 Å². The highest BCUT2D eigenvalue weighted by Crippen LogP contribution is 2.40. The molecule has 2 aromatic rings. The third-order valence-corrected chi connectivity index (χ3v) is 12.0. The number of hydrogen-bond acceptors (Lipinski definition) is 14. The summed E-state index contributed by atoms with van der Waals surface area (Å²) in [5.41, 5.74) is 0.570. The Morgan fingerprint density at radius 3 is 1.49 bits per heavy atom. The quantitative estimate of drug-likeness (QED) is 0.113. The van der Waals surface area contributed by atoms with Crippen molar-refractivity contribution in [3.63, 3.8) is 0 Å². The molecule has 0 radical (unpaired) electrons. The molecule has 392 valence electrons. The lowest BCUT2D eigenvalue weighted by atomic mass is 10.0. The van der Waals surface area contributed by atoms with E-state index in [1.807, 2.05) is 90.3 Å². The number of hydrogen-bond donors (Lipinski definition) is 3. The van der Waals surface area contributed by atoms with Crippen molar-refractivity contribution >= 4 is 24.0 Å². The molecule has 2 saturated heterocycles. The van der Waals surface area contributed by atoms with Crippen LogP contribution in [0.3, 0.4) is 0 Å². The number of carbonyl (C=O) groups is 4. The van der Waals surface area contributed by atoms with Crippen molar-refractivity contribution in [2.45, 2.75) is 161 Å². The van der Waals surface area contributed by atoms with Crippen molar-refractivity contribution in [2.24, 2.45) is 0 Å². The van der Waals surface area contributed by atoms with Gasteiger partial charge in [-0.3, -0.25) is 9.59 Å². The van der Waals surface area contributed by atoms with Crippen LogP contribution in [0.2, 0.25) is 0 Å². The Balaban J connectivity index is 0.000000261. The second-order valence-electron chi connectivity index (χ2n) is 20.3. The summed E-state index contributed by atoms with van der Waals surface area (Å²) >= 11 is 0. The molecule has 0 spiro atoms. The zero-order valence-corrected chi connectivity index (χ0v) is 43.0. The highest BCUT2D eigenvalue weighted by molar-refractivity contribution is 5.84. The molecule has 0 unspecified atom stereocenters. The molecular formula is C52H80N4O14. The van der Waals surface area contributed by atoms with E-state index in [-0.39, 0.29) is 81.2 Å². The lowest BCUT2D eigenvalue weighted by Gasteiger charge is -2.38. The Morgan fingerprint density at radius 1 is 0.643 bits per heavy atom. The van der Waals surface area contributed by atoms with Crippen LogP contribution in [0, 0.1) is 0 Å². The van der Waals surface area contributed by atoms with E-state index in [1.165, 1.54) is 4.90 Å². The Morgan fingerprint density at radius 2 is 1.07 bits per heavy atom. The number of amides is 4. The lowest BCUT2D eigenvalue weighted by molar-refractivity contribution is -0.152. The van der Waals surface area contributed by atoms with Crippen molar-refractivity contribution in [2.75, 3.05) is 72.4 Å². The summed E-state index contributed by atoms with van der Waals surface area (Å²) in [5.74, 6) is 1.42. The van der Waals surface area contributed by atoms with E-state index in [1.54, 1.807) is 23.1 Å². The standard InChI is InChI=1S/C27H42N2O7.C25H38N2O7/c1-6-33-22-12-9-20(17-23(22)34-15-8-7-14-30)19(2)29(21-10-11-21)25(31)24-18-28(13-16-35-24)26(32)36-27(3,4)5;1-17(18-7-10-20(29)21(15-18)32-13-6-5-12-28)27(19-8-9-19)23(30)22-16-26(11-14-33-22)24(31)34-25(2,3)4/h9,12,17,19,21,24,30H,6-8,10-11,13-16,18H2,1-5H3;7,10,15,17,19,22,28-29H,5-6,8-9,11-14,16H2,1-4H3/t19-,24-;17-,22-/m11/s1. The summed E-state index contributed by atoms with van der Waals surface area (Å²) in [6, 6.07) is 10.7. The zero-order chi connectivity index (χ0) is 51.2. The molecule has 18 heteroatoms. The van der Waals surface area contributed by atoms with Gasteiger partial charge in [-0.15, -0.1) is 0 Å². The molecule has 4 fully saturated rings. The monoisotopic (exact) mass is 985 g/mol. The van der Waals surface area contributed by atoms with Gasteiger partial charge in [-0.1, -0.05) is 12.1 Å². The van der Waals surface area contributed by atoms with Crippen molar-refractivity contribution < 1.29 is 67.7 Å². The summed E-state index contributed by atoms with van der Waals surface area (Å²) in [6.07, 6.45) is 4.08. The van der Waals surface area contributed by atoms with Crippen LogP contribution in [0.4, 0.5) is 9.59 Å². The van der Waals surface area contributed by atoms with E-state index in [9.17, 15) is 24.3 Å². The number of benzene rings is 2. The fourth-order valence-electron chi connectivity index (χ4n) is 8.19. The van der Waals surface area contributed by atoms with Gasteiger partial charge in [-0.05, 0) is 149 Å². The molecule has 2 aliphatic carbocycles. The number of phenolic OH excluding ortho intramolecular Hbond substituents is 1. The summed E-state index contributed by atoms with van der Waals surface area (Å²) in [4.78, 5) is 59.2. The van der Waals surface area contributed by atoms with Crippen molar-refractivity contribution in [1.29, 1.82) is 0 Å². The number of unbranched alkanes of at least 4 members (excludes halogenated alkanes) is 2. The zero-order valence-electron chi connectivity index (χ0n) is 43.0. The summed E-state index contributed by atoms with van der Waals surface area (Å²) in [6.45, 7) is 20.1. The average Bonchev–Trinajstić information content (AvgIpc) is 4.27. The van der Waals surface area contributed by atoms with Gasteiger partial charge in [0.15, 0.2) is 35.2 Å². The smallest absolute Gasteiger partial charge is 0.410 e. The number of morpholine rings is 2. The van der Waals surface area contributed by atoms with E-state index in [4.69, 9.17) is 43.4 Å². The van der Waals surface area contributed by atoms with Crippen LogP contribution in [0.1, 0.15) is 137 Å². The molecule has 2 heterocycles. The normalized spacial score (nSPS) is 19.2. The molecular weight excluding hydrogens is 905 g/mol. The van der Waals surface area contributed by atoms with Gasteiger partial charge in [0.2, 0.25) is 0 Å². The molecule has 2 aromatic carbocycles. The third-order valence-electron chi connectivity index (χ3n) is 12.0. The molecule has 0 aromatic heterocycles. The number of phenols is 1. The van der Waals surface area contributed by atoms with E-state index in [0.29, 0.717) is 69.4 Å². The Bertz CT molecular complexity index is 2010. The predicted molar refractivity (Wildman–Crippen MR) is 261 cm³/mol.